The van der Waals surface area contributed by atoms with Crippen LogP contribution in [-0.4, -0.2) is 0 Å². The van der Waals surface area contributed by atoms with E-state index in [1.54, 1.807) is 17.4 Å². The van der Waals surface area contributed by atoms with Gasteiger partial charge in [-0.1, -0.05) is 41.4 Å². The fraction of sp³-hybridized carbons (Fsp3) is 0.0625. The third-order valence-electron chi connectivity index (χ3n) is 3.13. The van der Waals surface area contributed by atoms with Crippen LogP contribution in [0.4, 0.5) is 0 Å². The van der Waals surface area contributed by atoms with Gasteiger partial charge in [0.15, 0.2) is 5.43 Å². The van der Waals surface area contributed by atoms with Crippen LogP contribution < -0.4 is 5.43 Å². The van der Waals surface area contributed by atoms with E-state index < -0.39 is 0 Å². The van der Waals surface area contributed by atoms with Crippen molar-refractivity contribution in [1.29, 1.82) is 0 Å². The second-order valence-corrected chi connectivity index (χ2v) is 6.24. The van der Waals surface area contributed by atoms with Gasteiger partial charge in [-0.2, -0.15) is 0 Å². The summed E-state index contributed by atoms with van der Waals surface area (Å²) in [6.45, 7) is 0. The van der Waals surface area contributed by atoms with E-state index in [0.29, 0.717) is 16.5 Å². The Bertz CT molecular complexity index is 839. The van der Waals surface area contributed by atoms with Crippen molar-refractivity contribution < 1.29 is 0 Å². The van der Waals surface area contributed by atoms with E-state index in [4.69, 9.17) is 23.2 Å². The summed E-state index contributed by atoms with van der Waals surface area (Å²) >= 11 is 13.5. The molecule has 20 heavy (non-hydrogen) atoms. The average molecular weight is 321 g/mol. The van der Waals surface area contributed by atoms with Gasteiger partial charge in [0, 0.05) is 22.1 Å². The first-order chi connectivity index (χ1) is 9.65. The molecule has 0 saturated heterocycles. The van der Waals surface area contributed by atoms with E-state index in [2.05, 4.69) is 0 Å². The van der Waals surface area contributed by atoms with Crippen molar-refractivity contribution in [3.05, 3.63) is 79.2 Å². The molecule has 1 nitrogen and oxygen atoms in total. The fourth-order valence-electron chi connectivity index (χ4n) is 2.11. The smallest absolute Gasteiger partial charge is 0.191 e. The second kappa shape index (κ2) is 5.57. The Morgan fingerprint density at radius 3 is 2.60 bits per heavy atom. The minimum atomic E-state index is 0.0884. The molecule has 0 atom stereocenters. The lowest BCUT2D eigenvalue weighted by Crippen LogP contribution is -2.08. The average Bonchev–Trinajstić information content (AvgIpc) is 2.46. The normalized spacial score (nSPS) is 10.9. The molecule has 0 unspecified atom stereocenters. The highest BCUT2D eigenvalue weighted by Gasteiger charge is 2.07. The Kier molecular flexibility index (Phi) is 3.79. The van der Waals surface area contributed by atoms with Crippen molar-refractivity contribution >= 4 is 44.6 Å². The first-order valence-corrected chi connectivity index (χ1v) is 7.72. The number of rotatable bonds is 2. The van der Waals surface area contributed by atoms with Gasteiger partial charge < -0.3 is 0 Å². The Morgan fingerprint density at radius 2 is 1.80 bits per heavy atom. The van der Waals surface area contributed by atoms with Crippen LogP contribution in [0.25, 0.3) is 10.1 Å². The lowest BCUT2D eigenvalue weighted by molar-refractivity contribution is 1.19. The Hall–Kier alpha value is -1.35. The highest BCUT2D eigenvalue weighted by atomic mass is 35.5. The highest BCUT2D eigenvalue weighted by molar-refractivity contribution is 7.16. The van der Waals surface area contributed by atoms with Gasteiger partial charge in [-0.3, -0.25) is 4.79 Å². The van der Waals surface area contributed by atoms with Gasteiger partial charge in [0.2, 0.25) is 0 Å². The highest BCUT2D eigenvalue weighted by Crippen LogP contribution is 2.24. The molecule has 1 heterocycles. The molecular formula is C16H10Cl2OS. The Balaban J connectivity index is 2.04. The Labute approximate surface area is 130 Å². The molecule has 1 aromatic heterocycles. The molecule has 100 valence electrons. The van der Waals surface area contributed by atoms with E-state index in [9.17, 15) is 4.79 Å². The van der Waals surface area contributed by atoms with Gasteiger partial charge >= 0.3 is 0 Å². The van der Waals surface area contributed by atoms with Gasteiger partial charge in [-0.25, -0.2) is 0 Å². The molecule has 0 radical (unpaired) electrons. The molecule has 0 aliphatic heterocycles. The van der Waals surface area contributed by atoms with Crippen LogP contribution in [0.5, 0.6) is 0 Å². The summed E-state index contributed by atoms with van der Waals surface area (Å²) in [7, 11) is 0. The largest absolute Gasteiger partial charge is 0.289 e. The number of benzene rings is 2. The van der Waals surface area contributed by atoms with Crippen molar-refractivity contribution in [3.63, 3.8) is 0 Å². The summed E-state index contributed by atoms with van der Waals surface area (Å²) < 4.78 is 1.01. The van der Waals surface area contributed by atoms with Crippen LogP contribution in [0.3, 0.4) is 0 Å². The van der Waals surface area contributed by atoms with Crippen molar-refractivity contribution in [2.45, 2.75) is 6.42 Å². The zero-order chi connectivity index (χ0) is 14.1. The first-order valence-electron chi connectivity index (χ1n) is 6.08. The predicted molar refractivity (Wildman–Crippen MR) is 87.4 cm³/mol. The van der Waals surface area contributed by atoms with Crippen LogP contribution in [0.1, 0.15) is 11.1 Å². The summed E-state index contributed by atoms with van der Waals surface area (Å²) in [5, 5.41) is 3.74. The first kappa shape index (κ1) is 13.6. The zero-order valence-corrected chi connectivity index (χ0v) is 12.7. The lowest BCUT2D eigenvalue weighted by atomic mass is 10.1. The summed E-state index contributed by atoms with van der Waals surface area (Å²) in [6, 6.07) is 13.1. The third kappa shape index (κ3) is 2.59. The number of hydrogen-bond acceptors (Lipinski definition) is 2. The molecule has 3 aromatic rings. The summed E-state index contributed by atoms with van der Waals surface area (Å²) in [5.74, 6) is 0. The minimum absolute atomic E-state index is 0.0884. The molecule has 2 aromatic carbocycles. The molecule has 0 saturated carbocycles. The third-order valence-corrected chi connectivity index (χ3v) is 4.88. The standard InChI is InChI=1S/C16H10Cl2OS/c17-13-6-5-10(8-14(13)18)7-11-9-20-15-4-2-1-3-12(15)16(11)19/h1-6,8-9H,7H2. The summed E-state index contributed by atoms with van der Waals surface area (Å²) in [4.78, 5) is 12.4. The van der Waals surface area contributed by atoms with Gasteiger partial charge in [0.1, 0.15) is 0 Å². The van der Waals surface area contributed by atoms with E-state index in [0.717, 1.165) is 21.2 Å². The van der Waals surface area contributed by atoms with E-state index >= 15 is 0 Å². The predicted octanol–water partition coefficient (Wildman–Crippen LogP) is 5.16. The summed E-state index contributed by atoms with van der Waals surface area (Å²) in [6.07, 6.45) is 0.567. The van der Waals surface area contributed by atoms with Crippen LogP contribution in [0, 0.1) is 0 Å². The summed E-state index contributed by atoms with van der Waals surface area (Å²) in [5.41, 5.74) is 1.86. The number of fused-ring (bicyclic) bond motifs is 1. The monoisotopic (exact) mass is 320 g/mol. The maximum absolute atomic E-state index is 12.4. The lowest BCUT2D eigenvalue weighted by Gasteiger charge is -2.04. The van der Waals surface area contributed by atoms with Crippen molar-refractivity contribution in [2.24, 2.45) is 0 Å². The molecule has 0 fully saturated rings. The van der Waals surface area contributed by atoms with Gasteiger partial charge in [-0.15, -0.1) is 11.3 Å². The van der Waals surface area contributed by atoms with Crippen molar-refractivity contribution in [1.82, 2.24) is 0 Å². The van der Waals surface area contributed by atoms with Gasteiger partial charge in [-0.05, 0) is 35.2 Å². The van der Waals surface area contributed by atoms with E-state index in [1.165, 1.54) is 0 Å². The van der Waals surface area contributed by atoms with Crippen LogP contribution in [0.2, 0.25) is 10.0 Å². The van der Waals surface area contributed by atoms with E-state index in [-0.39, 0.29) is 5.43 Å². The Morgan fingerprint density at radius 1 is 1.00 bits per heavy atom. The zero-order valence-electron chi connectivity index (χ0n) is 10.4. The van der Waals surface area contributed by atoms with Crippen LogP contribution >= 0.6 is 34.5 Å². The molecule has 0 spiro atoms. The number of hydrogen-bond donors (Lipinski definition) is 0. The second-order valence-electron chi connectivity index (χ2n) is 4.51. The SMILES string of the molecule is O=c1c(Cc2ccc(Cl)c(Cl)c2)csc2ccccc12. The molecule has 0 N–H and O–H groups in total. The van der Waals surface area contributed by atoms with Gasteiger partial charge in [0.25, 0.3) is 0 Å². The topological polar surface area (TPSA) is 17.1 Å². The molecule has 0 amide bonds. The quantitative estimate of drug-likeness (QED) is 0.637. The van der Waals surface area contributed by atoms with E-state index in [1.807, 2.05) is 41.8 Å². The minimum Gasteiger partial charge on any atom is -0.289 e. The molecule has 0 aliphatic rings. The molecule has 3 rings (SSSR count). The maximum Gasteiger partial charge on any atom is 0.191 e. The van der Waals surface area contributed by atoms with Crippen molar-refractivity contribution in [3.8, 4) is 0 Å². The number of halogens is 2. The molecule has 0 aliphatic carbocycles. The van der Waals surface area contributed by atoms with Crippen LogP contribution in [0.15, 0.2) is 52.6 Å². The fourth-order valence-corrected chi connectivity index (χ4v) is 3.33. The molecule has 0 bridgehead atoms. The molecular weight excluding hydrogens is 311 g/mol. The van der Waals surface area contributed by atoms with Crippen LogP contribution in [-0.2, 0) is 6.42 Å². The maximum atomic E-state index is 12.4. The van der Waals surface area contributed by atoms with Gasteiger partial charge in [0.05, 0.1) is 10.0 Å². The van der Waals surface area contributed by atoms with Crippen molar-refractivity contribution in [2.75, 3.05) is 0 Å². The molecule has 4 heteroatoms.